The molecule has 0 unspecified atom stereocenters. The molecule has 0 atom stereocenters. The van der Waals surface area contributed by atoms with E-state index in [4.69, 9.17) is 32.7 Å². The van der Waals surface area contributed by atoms with Crippen molar-refractivity contribution in [2.75, 3.05) is 23.3 Å². The van der Waals surface area contributed by atoms with Crippen LogP contribution in [0.3, 0.4) is 0 Å². The minimum Gasteiger partial charge on any atom is -0.438 e. The maximum atomic E-state index is 13.3. The molecule has 11 heteroatoms. The van der Waals surface area contributed by atoms with Crippen LogP contribution in [-0.2, 0) is 0 Å². The molecule has 8 nitrogen and oxygen atoms in total. The first-order valence-electron chi connectivity index (χ1n) is 10.8. The van der Waals surface area contributed by atoms with Gasteiger partial charge in [0.25, 0.3) is 0 Å². The second-order valence-corrected chi connectivity index (χ2v) is 8.53. The quantitative estimate of drug-likeness (QED) is 0.294. The molecule has 35 heavy (non-hydrogen) atoms. The van der Waals surface area contributed by atoms with Crippen LogP contribution in [0, 0.1) is 5.82 Å². The zero-order valence-corrected chi connectivity index (χ0v) is 19.8. The van der Waals surface area contributed by atoms with Gasteiger partial charge in [-0.05, 0) is 67.4 Å². The van der Waals surface area contributed by atoms with Gasteiger partial charge in [-0.1, -0.05) is 23.2 Å². The molecular formula is C24H19Cl2FN6O2. The van der Waals surface area contributed by atoms with E-state index < -0.39 is 0 Å². The Morgan fingerprint density at radius 2 is 1.54 bits per heavy atom. The monoisotopic (exact) mass is 512 g/mol. The van der Waals surface area contributed by atoms with Crippen molar-refractivity contribution in [3.63, 3.8) is 0 Å². The molecule has 3 heterocycles. The molecule has 2 aromatic heterocycles. The molecule has 1 N–H and O–H groups in total. The summed E-state index contributed by atoms with van der Waals surface area (Å²) in [5.74, 6) is 1.75. The first kappa shape index (κ1) is 23.1. The minimum absolute atomic E-state index is 0.127. The maximum Gasteiger partial charge on any atom is 0.328 e. The van der Waals surface area contributed by atoms with Crippen LogP contribution in [0.2, 0.25) is 10.0 Å². The van der Waals surface area contributed by atoms with E-state index in [1.54, 1.807) is 42.5 Å². The molecule has 2 aromatic carbocycles. The van der Waals surface area contributed by atoms with Crippen LogP contribution in [0.4, 0.5) is 22.0 Å². The second-order valence-electron chi connectivity index (χ2n) is 7.68. The zero-order valence-electron chi connectivity index (χ0n) is 18.3. The molecule has 0 radical (unpaired) electrons. The lowest BCUT2D eigenvalue weighted by Gasteiger charge is -2.17. The number of ether oxygens (including phenoxy) is 2. The standard InChI is InChI=1S/C24H19Cl2FN6O2/c25-15-13-20(26)21(28-14-15)34-18-7-9-19(10-8-18)35-24-31-22(29-17-5-3-16(27)4-6-17)30-23(32-24)33-11-1-2-12-33/h3-10,13-14H,1-2,11-12H2,(H,29,30,31,32). The third-order valence-electron chi connectivity index (χ3n) is 5.11. The summed E-state index contributed by atoms with van der Waals surface area (Å²) in [6, 6.07) is 14.5. The summed E-state index contributed by atoms with van der Waals surface area (Å²) in [5, 5.41) is 3.81. The Kier molecular flexibility index (Phi) is 6.78. The molecule has 0 bridgehead atoms. The number of hydrogen-bond acceptors (Lipinski definition) is 8. The number of halogens is 3. The van der Waals surface area contributed by atoms with Gasteiger partial charge in [-0.25, -0.2) is 9.37 Å². The Morgan fingerprint density at radius 1 is 0.857 bits per heavy atom. The largest absolute Gasteiger partial charge is 0.438 e. The highest BCUT2D eigenvalue weighted by atomic mass is 35.5. The fourth-order valence-corrected chi connectivity index (χ4v) is 3.86. The van der Waals surface area contributed by atoms with Crippen LogP contribution < -0.4 is 19.7 Å². The van der Waals surface area contributed by atoms with Crippen LogP contribution in [0.5, 0.6) is 23.4 Å². The fourth-order valence-electron chi connectivity index (χ4n) is 3.44. The van der Waals surface area contributed by atoms with Crippen LogP contribution in [0.15, 0.2) is 60.8 Å². The van der Waals surface area contributed by atoms with Crippen molar-refractivity contribution < 1.29 is 13.9 Å². The highest BCUT2D eigenvalue weighted by Gasteiger charge is 2.18. The number of anilines is 3. The number of nitrogens with one attached hydrogen (secondary N) is 1. The Morgan fingerprint density at radius 3 is 2.23 bits per heavy atom. The minimum atomic E-state index is -0.325. The number of pyridine rings is 1. The lowest BCUT2D eigenvalue weighted by Crippen LogP contribution is -2.21. The number of nitrogens with zero attached hydrogens (tertiary/aromatic N) is 5. The fraction of sp³-hybridized carbons (Fsp3) is 0.167. The SMILES string of the molecule is Fc1ccc(Nc2nc(Oc3ccc(Oc4ncc(Cl)cc4Cl)cc3)nc(N3CCCC3)n2)cc1. The van der Waals surface area contributed by atoms with Crippen molar-refractivity contribution in [1.29, 1.82) is 0 Å². The Bertz CT molecular complexity index is 1320. The summed E-state index contributed by atoms with van der Waals surface area (Å²) in [5.41, 5.74) is 0.645. The van der Waals surface area contributed by atoms with E-state index in [0.29, 0.717) is 39.1 Å². The third-order valence-corrected chi connectivity index (χ3v) is 5.59. The molecule has 4 aromatic rings. The number of rotatable bonds is 7. The summed E-state index contributed by atoms with van der Waals surface area (Å²) in [6.45, 7) is 1.71. The lowest BCUT2D eigenvalue weighted by atomic mass is 10.3. The molecule has 1 aliphatic heterocycles. The molecule has 1 aliphatic rings. The van der Waals surface area contributed by atoms with E-state index >= 15 is 0 Å². The summed E-state index contributed by atoms with van der Waals surface area (Å²) < 4.78 is 24.9. The second kappa shape index (κ2) is 10.3. The molecular weight excluding hydrogens is 494 g/mol. The predicted octanol–water partition coefficient (Wildman–Crippen LogP) is 6.64. The van der Waals surface area contributed by atoms with Crippen LogP contribution in [0.1, 0.15) is 12.8 Å². The Labute approximate surface area is 210 Å². The topological polar surface area (TPSA) is 85.3 Å². The van der Waals surface area contributed by atoms with Crippen molar-refractivity contribution in [2.45, 2.75) is 12.8 Å². The lowest BCUT2D eigenvalue weighted by molar-refractivity contribution is 0.435. The van der Waals surface area contributed by atoms with Gasteiger partial charge in [0.15, 0.2) is 0 Å². The summed E-state index contributed by atoms with van der Waals surface area (Å²) in [4.78, 5) is 19.5. The molecule has 0 spiro atoms. The third kappa shape index (κ3) is 5.87. The van der Waals surface area contributed by atoms with Crippen LogP contribution in [-0.4, -0.2) is 33.0 Å². The molecule has 0 aliphatic carbocycles. The van der Waals surface area contributed by atoms with Gasteiger partial charge in [-0.3, -0.25) is 0 Å². The van der Waals surface area contributed by atoms with Gasteiger partial charge in [0.2, 0.25) is 17.8 Å². The van der Waals surface area contributed by atoms with Crippen molar-refractivity contribution in [3.8, 4) is 23.4 Å². The van der Waals surface area contributed by atoms with Gasteiger partial charge in [0, 0.05) is 25.0 Å². The van der Waals surface area contributed by atoms with E-state index in [1.165, 1.54) is 18.3 Å². The van der Waals surface area contributed by atoms with Gasteiger partial charge in [0.05, 0.1) is 5.02 Å². The van der Waals surface area contributed by atoms with Crippen LogP contribution in [0.25, 0.3) is 0 Å². The van der Waals surface area contributed by atoms with E-state index in [1.807, 2.05) is 0 Å². The van der Waals surface area contributed by atoms with Crippen molar-refractivity contribution in [2.24, 2.45) is 0 Å². The van der Waals surface area contributed by atoms with Gasteiger partial charge in [-0.15, -0.1) is 0 Å². The average molecular weight is 513 g/mol. The molecule has 0 saturated carbocycles. The van der Waals surface area contributed by atoms with Gasteiger partial charge in [0.1, 0.15) is 22.3 Å². The van der Waals surface area contributed by atoms with Crippen molar-refractivity contribution in [3.05, 3.63) is 76.7 Å². The van der Waals surface area contributed by atoms with E-state index in [9.17, 15) is 4.39 Å². The Hall–Kier alpha value is -3.69. The van der Waals surface area contributed by atoms with Crippen molar-refractivity contribution >= 4 is 40.8 Å². The zero-order chi connectivity index (χ0) is 24.2. The van der Waals surface area contributed by atoms with E-state index in [0.717, 1.165) is 25.9 Å². The van der Waals surface area contributed by atoms with Gasteiger partial charge < -0.3 is 19.7 Å². The summed E-state index contributed by atoms with van der Waals surface area (Å²) >= 11 is 12.0. The first-order chi connectivity index (χ1) is 17.0. The molecule has 1 fully saturated rings. The summed E-state index contributed by atoms with van der Waals surface area (Å²) in [6.07, 6.45) is 3.59. The number of hydrogen-bond donors (Lipinski definition) is 1. The van der Waals surface area contributed by atoms with E-state index in [-0.39, 0.29) is 17.7 Å². The molecule has 5 rings (SSSR count). The highest BCUT2D eigenvalue weighted by Crippen LogP contribution is 2.31. The van der Waals surface area contributed by atoms with Gasteiger partial charge in [-0.2, -0.15) is 15.0 Å². The highest BCUT2D eigenvalue weighted by molar-refractivity contribution is 6.35. The summed E-state index contributed by atoms with van der Waals surface area (Å²) in [7, 11) is 0. The van der Waals surface area contributed by atoms with Crippen molar-refractivity contribution in [1.82, 2.24) is 19.9 Å². The average Bonchev–Trinajstić information content (AvgIpc) is 3.39. The smallest absolute Gasteiger partial charge is 0.328 e. The number of benzene rings is 2. The first-order valence-corrected chi connectivity index (χ1v) is 11.6. The molecule has 0 amide bonds. The molecule has 178 valence electrons. The maximum absolute atomic E-state index is 13.3. The number of aromatic nitrogens is 4. The molecule has 1 saturated heterocycles. The predicted molar refractivity (Wildman–Crippen MR) is 132 cm³/mol. The Balaban J connectivity index is 1.35. The van der Waals surface area contributed by atoms with Crippen LogP contribution >= 0.6 is 23.2 Å². The van der Waals surface area contributed by atoms with Gasteiger partial charge >= 0.3 is 6.01 Å². The van der Waals surface area contributed by atoms with E-state index in [2.05, 4.69) is 30.2 Å². The normalized spacial score (nSPS) is 13.1.